The van der Waals surface area contributed by atoms with E-state index in [1.165, 1.54) is 0 Å². The van der Waals surface area contributed by atoms with Gasteiger partial charge in [0.05, 0.1) is 13.7 Å². The molecule has 0 aliphatic heterocycles. The van der Waals surface area contributed by atoms with Gasteiger partial charge in [0, 0.05) is 17.5 Å². The molecule has 2 aromatic carbocycles. The Bertz CT molecular complexity index is 619. The van der Waals surface area contributed by atoms with E-state index in [0.29, 0.717) is 13.0 Å². The van der Waals surface area contributed by atoms with Crippen molar-refractivity contribution in [1.29, 1.82) is 0 Å². The zero-order valence-electron chi connectivity index (χ0n) is 11.3. The minimum Gasteiger partial charge on any atom is -0.496 e. The maximum atomic E-state index is 12.3. The van der Waals surface area contributed by atoms with E-state index in [-0.39, 0.29) is 5.78 Å². The van der Waals surface area contributed by atoms with E-state index in [1.54, 1.807) is 7.11 Å². The Hall–Kier alpha value is -2.13. The van der Waals surface area contributed by atoms with Gasteiger partial charge >= 0.3 is 0 Å². The first-order valence-electron chi connectivity index (χ1n) is 6.65. The molecule has 0 N–H and O–H groups in total. The number of hydrogen-bond donors (Lipinski definition) is 0. The monoisotopic (exact) mass is 268 g/mol. The second-order valence-corrected chi connectivity index (χ2v) is 4.84. The van der Waals surface area contributed by atoms with Crippen LogP contribution in [0.15, 0.2) is 48.5 Å². The summed E-state index contributed by atoms with van der Waals surface area (Å²) in [4.78, 5) is 12.3. The number of carbonyl (C=O) groups is 1. The standard InChI is InChI=1S/C17H16O3/c1-19-15-9-5-8-13-14(15)10-16(17(13)18)20-11-12-6-3-2-4-7-12/h2-9,16H,10-11H2,1H3. The lowest BCUT2D eigenvalue weighted by atomic mass is 10.1. The highest BCUT2D eigenvalue weighted by Crippen LogP contribution is 2.32. The van der Waals surface area contributed by atoms with Crippen LogP contribution in [-0.2, 0) is 17.8 Å². The van der Waals surface area contributed by atoms with Crippen LogP contribution in [0.2, 0.25) is 0 Å². The fraction of sp³-hybridized carbons (Fsp3) is 0.235. The van der Waals surface area contributed by atoms with Crippen LogP contribution in [-0.4, -0.2) is 19.0 Å². The van der Waals surface area contributed by atoms with Crippen molar-refractivity contribution in [2.24, 2.45) is 0 Å². The second-order valence-electron chi connectivity index (χ2n) is 4.84. The van der Waals surface area contributed by atoms with Crippen molar-refractivity contribution in [3.8, 4) is 5.75 Å². The molecule has 0 saturated heterocycles. The minimum absolute atomic E-state index is 0.0508. The van der Waals surface area contributed by atoms with Crippen LogP contribution in [0.25, 0.3) is 0 Å². The predicted molar refractivity (Wildman–Crippen MR) is 76.0 cm³/mol. The molecule has 0 radical (unpaired) electrons. The quantitative estimate of drug-likeness (QED) is 0.855. The third-order valence-electron chi connectivity index (χ3n) is 3.59. The SMILES string of the molecule is COc1cccc2c1CC(OCc1ccccc1)C2=O. The number of Topliss-reactive ketones (excluding diaryl/α,β-unsaturated/α-hetero) is 1. The van der Waals surface area contributed by atoms with Gasteiger partial charge in [0.15, 0.2) is 5.78 Å². The number of ketones is 1. The van der Waals surface area contributed by atoms with Crippen molar-refractivity contribution in [2.45, 2.75) is 19.1 Å². The molecule has 102 valence electrons. The average molecular weight is 268 g/mol. The zero-order valence-corrected chi connectivity index (χ0v) is 11.3. The molecule has 0 spiro atoms. The summed E-state index contributed by atoms with van der Waals surface area (Å²) in [5, 5.41) is 0. The Labute approximate surface area is 118 Å². The maximum Gasteiger partial charge on any atom is 0.192 e. The second kappa shape index (κ2) is 5.47. The molecule has 1 atom stereocenters. The van der Waals surface area contributed by atoms with Gasteiger partial charge in [-0.1, -0.05) is 42.5 Å². The number of carbonyl (C=O) groups excluding carboxylic acids is 1. The topological polar surface area (TPSA) is 35.5 Å². The van der Waals surface area contributed by atoms with Crippen molar-refractivity contribution >= 4 is 5.78 Å². The van der Waals surface area contributed by atoms with Gasteiger partial charge in [0.1, 0.15) is 11.9 Å². The van der Waals surface area contributed by atoms with Crippen molar-refractivity contribution < 1.29 is 14.3 Å². The summed E-state index contributed by atoms with van der Waals surface area (Å²) < 4.78 is 11.1. The Morgan fingerprint density at radius 1 is 1.10 bits per heavy atom. The van der Waals surface area contributed by atoms with Gasteiger partial charge in [-0.3, -0.25) is 4.79 Å². The molecule has 0 aromatic heterocycles. The van der Waals surface area contributed by atoms with E-state index in [0.717, 1.165) is 22.4 Å². The van der Waals surface area contributed by atoms with Crippen LogP contribution < -0.4 is 4.74 Å². The van der Waals surface area contributed by atoms with Crippen LogP contribution in [0.4, 0.5) is 0 Å². The molecule has 0 heterocycles. The molecule has 3 rings (SSSR count). The van der Waals surface area contributed by atoms with Crippen LogP contribution in [0, 0.1) is 0 Å². The minimum atomic E-state index is -0.401. The van der Waals surface area contributed by atoms with Crippen LogP contribution in [0.5, 0.6) is 5.75 Å². The molecule has 1 unspecified atom stereocenters. The van der Waals surface area contributed by atoms with E-state index in [4.69, 9.17) is 9.47 Å². The first-order valence-corrected chi connectivity index (χ1v) is 6.65. The zero-order chi connectivity index (χ0) is 13.9. The highest BCUT2D eigenvalue weighted by Gasteiger charge is 2.33. The van der Waals surface area contributed by atoms with E-state index in [9.17, 15) is 4.79 Å². The lowest BCUT2D eigenvalue weighted by Crippen LogP contribution is -2.19. The molecule has 0 bridgehead atoms. The Kier molecular flexibility index (Phi) is 3.52. The summed E-state index contributed by atoms with van der Waals surface area (Å²) in [6.45, 7) is 0.452. The summed E-state index contributed by atoms with van der Waals surface area (Å²) >= 11 is 0. The normalized spacial score (nSPS) is 17.1. The third-order valence-corrected chi connectivity index (χ3v) is 3.59. The molecule has 20 heavy (non-hydrogen) atoms. The van der Waals surface area contributed by atoms with Crippen molar-refractivity contribution in [2.75, 3.05) is 7.11 Å². The molecular weight excluding hydrogens is 252 g/mol. The van der Waals surface area contributed by atoms with Crippen LogP contribution in [0.1, 0.15) is 21.5 Å². The Morgan fingerprint density at radius 3 is 2.65 bits per heavy atom. The van der Waals surface area contributed by atoms with E-state index < -0.39 is 6.10 Å². The summed E-state index contributed by atoms with van der Waals surface area (Å²) in [5.41, 5.74) is 2.75. The van der Waals surface area contributed by atoms with E-state index in [1.807, 2.05) is 48.5 Å². The largest absolute Gasteiger partial charge is 0.496 e. The van der Waals surface area contributed by atoms with Crippen molar-refractivity contribution in [3.63, 3.8) is 0 Å². The molecule has 0 saturated carbocycles. The average Bonchev–Trinajstić information content (AvgIpc) is 2.83. The molecule has 3 heteroatoms. The molecule has 2 aromatic rings. The number of hydrogen-bond acceptors (Lipinski definition) is 3. The molecule has 1 aliphatic rings. The Balaban J connectivity index is 1.74. The number of benzene rings is 2. The molecular formula is C17H16O3. The lowest BCUT2D eigenvalue weighted by Gasteiger charge is -2.10. The number of ether oxygens (including phenoxy) is 2. The maximum absolute atomic E-state index is 12.3. The van der Waals surface area contributed by atoms with Gasteiger partial charge in [-0.15, -0.1) is 0 Å². The van der Waals surface area contributed by atoms with Gasteiger partial charge < -0.3 is 9.47 Å². The van der Waals surface area contributed by atoms with Crippen LogP contribution in [0.3, 0.4) is 0 Å². The van der Waals surface area contributed by atoms with E-state index in [2.05, 4.69) is 0 Å². The third kappa shape index (κ3) is 2.32. The fourth-order valence-corrected chi connectivity index (χ4v) is 2.56. The van der Waals surface area contributed by atoms with Gasteiger partial charge in [-0.05, 0) is 11.6 Å². The van der Waals surface area contributed by atoms with Gasteiger partial charge in [-0.25, -0.2) is 0 Å². The summed E-state index contributed by atoms with van der Waals surface area (Å²) in [6, 6.07) is 15.4. The highest BCUT2D eigenvalue weighted by molar-refractivity contribution is 6.04. The molecule has 1 aliphatic carbocycles. The molecule has 3 nitrogen and oxygen atoms in total. The summed E-state index contributed by atoms with van der Waals surface area (Å²) in [6.07, 6.45) is 0.187. The van der Waals surface area contributed by atoms with Crippen LogP contribution >= 0.6 is 0 Å². The number of rotatable bonds is 4. The molecule has 0 fully saturated rings. The first kappa shape index (κ1) is 12.9. The lowest BCUT2D eigenvalue weighted by molar-refractivity contribution is 0.0384. The fourth-order valence-electron chi connectivity index (χ4n) is 2.56. The van der Waals surface area contributed by atoms with Crippen molar-refractivity contribution in [1.82, 2.24) is 0 Å². The van der Waals surface area contributed by atoms with Gasteiger partial charge in [-0.2, -0.15) is 0 Å². The van der Waals surface area contributed by atoms with Gasteiger partial charge in [0.25, 0.3) is 0 Å². The number of fused-ring (bicyclic) bond motifs is 1. The van der Waals surface area contributed by atoms with Crippen molar-refractivity contribution in [3.05, 3.63) is 65.2 Å². The highest BCUT2D eigenvalue weighted by atomic mass is 16.5. The first-order chi connectivity index (χ1) is 9.79. The van der Waals surface area contributed by atoms with Gasteiger partial charge in [0.2, 0.25) is 0 Å². The summed E-state index contributed by atoms with van der Waals surface area (Å²) in [5.74, 6) is 0.816. The number of methoxy groups -OCH3 is 1. The molecule has 0 amide bonds. The summed E-state index contributed by atoms with van der Waals surface area (Å²) in [7, 11) is 1.62. The van der Waals surface area contributed by atoms with E-state index >= 15 is 0 Å². The smallest absolute Gasteiger partial charge is 0.192 e. The Morgan fingerprint density at radius 2 is 1.90 bits per heavy atom. The predicted octanol–water partition coefficient (Wildman–Crippen LogP) is 3.02.